The second kappa shape index (κ2) is 3.70. The molecule has 1 N–H and O–H groups in total. The molecule has 88 valence electrons. The van der Waals surface area contributed by atoms with Crippen LogP contribution < -0.4 is 0 Å². The highest BCUT2D eigenvalue weighted by atomic mass is 19.1. The third kappa shape index (κ3) is 1.67. The molecular weight excluding hydrogens is 219 g/mol. The topological polar surface area (TPSA) is 33.4 Å². The predicted molar refractivity (Wildman–Crippen MR) is 61.0 cm³/mol. The van der Waals surface area contributed by atoms with Crippen LogP contribution in [0.25, 0.3) is 0 Å². The third-order valence-corrected chi connectivity index (χ3v) is 3.46. The summed E-state index contributed by atoms with van der Waals surface area (Å²) in [6.07, 6.45) is 3.11. The Labute approximate surface area is 98.7 Å². The van der Waals surface area contributed by atoms with Crippen LogP contribution in [0.15, 0.2) is 41.0 Å². The van der Waals surface area contributed by atoms with Crippen LogP contribution in [0, 0.1) is 5.82 Å². The standard InChI is InChI=1S/C14H13FO2/c15-13-5-1-4-12-11(13)6-7-14(12,16)9-10-3-2-8-17-10/h1-5,8,16H,6-7,9H2. The summed E-state index contributed by atoms with van der Waals surface area (Å²) in [5, 5.41) is 10.6. The fourth-order valence-corrected chi connectivity index (χ4v) is 2.60. The second-order valence-electron chi connectivity index (χ2n) is 4.55. The zero-order chi connectivity index (χ0) is 11.9. The lowest BCUT2D eigenvalue weighted by molar-refractivity contribution is 0.0338. The van der Waals surface area contributed by atoms with Gasteiger partial charge in [-0.25, -0.2) is 4.39 Å². The highest BCUT2D eigenvalue weighted by Gasteiger charge is 2.38. The van der Waals surface area contributed by atoms with E-state index in [4.69, 9.17) is 4.42 Å². The van der Waals surface area contributed by atoms with Crippen LogP contribution in [0.5, 0.6) is 0 Å². The molecule has 1 aromatic carbocycles. The van der Waals surface area contributed by atoms with Gasteiger partial charge in [-0.2, -0.15) is 0 Å². The molecule has 0 aliphatic heterocycles. The van der Waals surface area contributed by atoms with E-state index >= 15 is 0 Å². The number of rotatable bonds is 2. The molecule has 0 fully saturated rings. The van der Waals surface area contributed by atoms with Crippen molar-refractivity contribution in [1.82, 2.24) is 0 Å². The molecule has 1 aliphatic rings. The summed E-state index contributed by atoms with van der Waals surface area (Å²) in [5.41, 5.74) is 0.352. The number of furan rings is 1. The van der Waals surface area contributed by atoms with Gasteiger partial charge < -0.3 is 9.52 Å². The zero-order valence-electron chi connectivity index (χ0n) is 9.32. The molecule has 0 saturated heterocycles. The van der Waals surface area contributed by atoms with E-state index in [1.807, 2.05) is 6.07 Å². The molecule has 0 bridgehead atoms. The predicted octanol–water partition coefficient (Wildman–Crippen LogP) is 2.80. The molecule has 0 saturated carbocycles. The van der Waals surface area contributed by atoms with Crippen molar-refractivity contribution in [3.05, 3.63) is 59.3 Å². The van der Waals surface area contributed by atoms with E-state index in [-0.39, 0.29) is 5.82 Å². The number of aliphatic hydroxyl groups is 1. The molecule has 17 heavy (non-hydrogen) atoms. The average Bonchev–Trinajstić information content (AvgIpc) is 2.90. The molecule has 1 atom stereocenters. The van der Waals surface area contributed by atoms with Crippen molar-refractivity contribution in [2.45, 2.75) is 24.9 Å². The SMILES string of the molecule is OC1(Cc2ccco2)CCc2c(F)cccc21. The van der Waals surface area contributed by atoms with E-state index < -0.39 is 5.60 Å². The van der Waals surface area contributed by atoms with Crippen molar-refractivity contribution in [3.63, 3.8) is 0 Å². The van der Waals surface area contributed by atoms with Crippen LogP contribution in [-0.4, -0.2) is 5.11 Å². The van der Waals surface area contributed by atoms with Gasteiger partial charge in [0.05, 0.1) is 11.9 Å². The van der Waals surface area contributed by atoms with E-state index in [9.17, 15) is 9.50 Å². The van der Waals surface area contributed by atoms with Gasteiger partial charge in [-0.1, -0.05) is 12.1 Å². The maximum Gasteiger partial charge on any atom is 0.126 e. The van der Waals surface area contributed by atoms with Crippen LogP contribution in [0.4, 0.5) is 4.39 Å². The van der Waals surface area contributed by atoms with Crippen molar-refractivity contribution < 1.29 is 13.9 Å². The van der Waals surface area contributed by atoms with E-state index in [2.05, 4.69) is 0 Å². The van der Waals surface area contributed by atoms with Gasteiger partial charge in [0.2, 0.25) is 0 Å². The van der Waals surface area contributed by atoms with Gasteiger partial charge in [-0.3, -0.25) is 0 Å². The van der Waals surface area contributed by atoms with Gasteiger partial charge in [0.25, 0.3) is 0 Å². The molecule has 3 rings (SSSR count). The largest absolute Gasteiger partial charge is 0.469 e. The van der Waals surface area contributed by atoms with Gasteiger partial charge in [0.15, 0.2) is 0 Å². The quantitative estimate of drug-likeness (QED) is 0.863. The van der Waals surface area contributed by atoms with E-state index in [0.717, 1.165) is 5.76 Å². The van der Waals surface area contributed by atoms with Crippen molar-refractivity contribution in [2.75, 3.05) is 0 Å². The van der Waals surface area contributed by atoms with E-state index in [1.54, 1.807) is 24.5 Å². The fourth-order valence-electron chi connectivity index (χ4n) is 2.60. The van der Waals surface area contributed by atoms with Crippen LogP contribution in [0.3, 0.4) is 0 Å². The Balaban J connectivity index is 1.99. The number of hydrogen-bond acceptors (Lipinski definition) is 2. The minimum Gasteiger partial charge on any atom is -0.469 e. The van der Waals surface area contributed by atoms with Crippen LogP contribution >= 0.6 is 0 Å². The number of hydrogen-bond donors (Lipinski definition) is 1. The Kier molecular flexibility index (Phi) is 2.30. The maximum absolute atomic E-state index is 13.6. The molecule has 0 amide bonds. The first-order valence-corrected chi connectivity index (χ1v) is 5.72. The Morgan fingerprint density at radius 1 is 1.29 bits per heavy atom. The van der Waals surface area contributed by atoms with Gasteiger partial charge in [0, 0.05) is 6.42 Å². The van der Waals surface area contributed by atoms with Crippen molar-refractivity contribution in [3.8, 4) is 0 Å². The monoisotopic (exact) mass is 232 g/mol. The molecule has 3 heteroatoms. The smallest absolute Gasteiger partial charge is 0.126 e. The fraction of sp³-hybridized carbons (Fsp3) is 0.286. The molecule has 2 nitrogen and oxygen atoms in total. The normalized spacial score (nSPS) is 22.7. The van der Waals surface area contributed by atoms with Crippen molar-refractivity contribution in [1.29, 1.82) is 0 Å². The molecule has 1 unspecified atom stereocenters. The second-order valence-corrected chi connectivity index (χ2v) is 4.55. The van der Waals surface area contributed by atoms with E-state index in [1.165, 1.54) is 6.07 Å². The molecule has 1 heterocycles. The van der Waals surface area contributed by atoms with Gasteiger partial charge in [-0.05, 0) is 42.2 Å². The van der Waals surface area contributed by atoms with Crippen molar-refractivity contribution in [2.24, 2.45) is 0 Å². The molecule has 1 aliphatic carbocycles. The number of benzene rings is 1. The van der Waals surface area contributed by atoms with Crippen molar-refractivity contribution >= 4 is 0 Å². The Morgan fingerprint density at radius 2 is 2.18 bits per heavy atom. The number of fused-ring (bicyclic) bond motifs is 1. The molecular formula is C14H13FO2. The summed E-state index contributed by atoms with van der Waals surface area (Å²) in [5.74, 6) is 0.502. The molecule has 1 aromatic heterocycles. The van der Waals surface area contributed by atoms with Crippen LogP contribution in [0.1, 0.15) is 23.3 Å². The van der Waals surface area contributed by atoms with E-state index in [0.29, 0.717) is 30.4 Å². The van der Waals surface area contributed by atoms with Gasteiger partial charge in [-0.15, -0.1) is 0 Å². The first-order chi connectivity index (χ1) is 8.19. The summed E-state index contributed by atoms with van der Waals surface area (Å²) in [4.78, 5) is 0. The van der Waals surface area contributed by atoms with Crippen LogP contribution in [-0.2, 0) is 18.4 Å². The van der Waals surface area contributed by atoms with Crippen LogP contribution in [0.2, 0.25) is 0 Å². The summed E-state index contributed by atoms with van der Waals surface area (Å²) < 4.78 is 18.8. The minimum atomic E-state index is -0.991. The average molecular weight is 232 g/mol. The molecule has 2 aromatic rings. The highest BCUT2D eigenvalue weighted by Crippen LogP contribution is 2.40. The summed E-state index contributed by atoms with van der Waals surface area (Å²) in [7, 11) is 0. The number of halogens is 1. The minimum absolute atomic E-state index is 0.224. The lowest BCUT2D eigenvalue weighted by atomic mass is 9.91. The Morgan fingerprint density at radius 3 is 2.94 bits per heavy atom. The zero-order valence-corrected chi connectivity index (χ0v) is 9.32. The van der Waals surface area contributed by atoms with Gasteiger partial charge >= 0.3 is 0 Å². The maximum atomic E-state index is 13.6. The molecule has 0 spiro atoms. The lowest BCUT2D eigenvalue weighted by Crippen LogP contribution is -2.25. The third-order valence-electron chi connectivity index (χ3n) is 3.46. The first kappa shape index (κ1) is 10.5. The summed E-state index contributed by atoms with van der Waals surface area (Å²) in [6, 6.07) is 8.51. The lowest BCUT2D eigenvalue weighted by Gasteiger charge is -2.22. The highest BCUT2D eigenvalue weighted by molar-refractivity contribution is 5.39. The Hall–Kier alpha value is -1.61. The summed E-state index contributed by atoms with van der Waals surface area (Å²) >= 11 is 0. The molecule has 0 radical (unpaired) electrons. The first-order valence-electron chi connectivity index (χ1n) is 5.72. The Bertz CT molecular complexity index is 533. The summed E-state index contributed by atoms with van der Waals surface area (Å²) in [6.45, 7) is 0. The van der Waals surface area contributed by atoms with Gasteiger partial charge in [0.1, 0.15) is 11.6 Å².